The van der Waals surface area contributed by atoms with E-state index in [-0.39, 0.29) is 18.1 Å². The van der Waals surface area contributed by atoms with E-state index in [1.807, 2.05) is 0 Å². The first-order valence-corrected chi connectivity index (χ1v) is 12.0. The van der Waals surface area contributed by atoms with Crippen LogP contribution in [0.4, 0.5) is 4.39 Å². The molecule has 1 heterocycles. The van der Waals surface area contributed by atoms with E-state index in [0.29, 0.717) is 34.4 Å². The number of hydrogen-bond donors (Lipinski definition) is 1. The highest BCUT2D eigenvalue weighted by Gasteiger charge is 2.35. The Morgan fingerprint density at radius 1 is 1.23 bits per heavy atom. The average molecular weight is 475 g/mol. The number of rotatable bonds is 11. The van der Waals surface area contributed by atoms with Gasteiger partial charge in [-0.1, -0.05) is 43.0 Å². The minimum Gasteiger partial charge on any atom is -0.379 e. The van der Waals surface area contributed by atoms with Crippen LogP contribution in [0, 0.1) is 5.92 Å². The Labute approximate surface area is 196 Å². The molecule has 7 heteroatoms. The molecular weight excluding hydrogens is 438 g/mol. The predicted molar refractivity (Wildman–Crippen MR) is 127 cm³/mol. The average Bonchev–Trinajstić information content (AvgIpc) is 2.71. The number of carbonyl (C=O) groups is 1. The third kappa shape index (κ3) is 9.25. The van der Waals surface area contributed by atoms with Crippen LogP contribution in [-0.2, 0) is 4.74 Å². The fraction of sp³-hybridized carbons (Fsp3) is 0.708. The summed E-state index contributed by atoms with van der Waals surface area (Å²) in [6.07, 6.45) is 5.40. The molecule has 0 saturated carbocycles. The lowest BCUT2D eigenvalue weighted by Crippen LogP contribution is -2.48. The lowest BCUT2D eigenvalue weighted by molar-refractivity contribution is 0.0125. The lowest BCUT2D eigenvalue weighted by Gasteiger charge is -2.37. The van der Waals surface area contributed by atoms with Gasteiger partial charge in [0.25, 0.3) is 5.91 Å². The van der Waals surface area contributed by atoms with Crippen molar-refractivity contribution in [3.05, 3.63) is 33.8 Å². The monoisotopic (exact) mass is 474 g/mol. The summed E-state index contributed by atoms with van der Waals surface area (Å²) in [6, 6.07) is 4.63. The molecule has 1 unspecified atom stereocenters. The number of piperidine rings is 1. The van der Waals surface area contributed by atoms with Crippen molar-refractivity contribution < 1.29 is 13.9 Å². The molecule has 4 nitrogen and oxygen atoms in total. The molecule has 31 heavy (non-hydrogen) atoms. The molecule has 1 aromatic rings. The largest absolute Gasteiger partial charge is 0.379 e. The first-order valence-electron chi connectivity index (χ1n) is 11.2. The standard InChI is InChI=1S/C24H37Cl2FN2O2/c1-18(6-5-8-23(2,3)31-4)7-11-29-12-9-24(27,10-13-29)17-28-22(30)19-14-20(25)16-21(26)15-19/h14-16,18H,5-13,17H2,1-4H3,(H,28,30). The summed E-state index contributed by atoms with van der Waals surface area (Å²) in [5.41, 5.74) is -1.07. The fourth-order valence-corrected chi connectivity index (χ4v) is 4.43. The Morgan fingerprint density at radius 2 is 1.84 bits per heavy atom. The Bertz CT molecular complexity index is 701. The molecule has 0 spiro atoms. The van der Waals surface area contributed by atoms with E-state index in [9.17, 15) is 4.79 Å². The molecule has 0 aromatic heterocycles. The molecule has 176 valence electrons. The van der Waals surface area contributed by atoms with Crippen LogP contribution >= 0.6 is 23.2 Å². The van der Waals surface area contributed by atoms with E-state index in [1.165, 1.54) is 18.6 Å². The molecule has 0 bridgehead atoms. The summed E-state index contributed by atoms with van der Waals surface area (Å²) in [7, 11) is 1.77. The number of hydrogen-bond acceptors (Lipinski definition) is 3. The molecule has 1 N–H and O–H groups in total. The number of likely N-dealkylation sites (tertiary alicyclic amines) is 1. The van der Waals surface area contributed by atoms with Crippen LogP contribution in [0.3, 0.4) is 0 Å². The predicted octanol–water partition coefficient (Wildman–Crippen LogP) is 6.15. The highest BCUT2D eigenvalue weighted by molar-refractivity contribution is 6.35. The summed E-state index contributed by atoms with van der Waals surface area (Å²) < 4.78 is 20.7. The number of nitrogens with zero attached hydrogens (tertiary/aromatic N) is 1. The third-order valence-electron chi connectivity index (χ3n) is 6.41. The summed E-state index contributed by atoms with van der Waals surface area (Å²) in [6.45, 7) is 8.99. The molecule has 1 aliphatic rings. The molecule has 2 rings (SSSR count). The van der Waals surface area contributed by atoms with Crippen molar-refractivity contribution >= 4 is 29.1 Å². The van der Waals surface area contributed by atoms with Crippen LogP contribution in [-0.4, -0.2) is 55.4 Å². The second-order valence-corrected chi connectivity index (χ2v) is 10.5. The minimum atomic E-state index is -1.37. The number of alkyl halides is 1. The number of benzene rings is 1. The maximum atomic E-state index is 15.2. The van der Waals surface area contributed by atoms with Gasteiger partial charge in [0.05, 0.1) is 12.1 Å². The van der Waals surface area contributed by atoms with E-state index in [2.05, 4.69) is 31.0 Å². The second kappa shape index (κ2) is 11.8. The smallest absolute Gasteiger partial charge is 0.251 e. The Hall–Kier alpha value is -0.880. The summed E-state index contributed by atoms with van der Waals surface area (Å²) >= 11 is 11.9. The maximum Gasteiger partial charge on any atom is 0.251 e. The van der Waals surface area contributed by atoms with E-state index < -0.39 is 5.67 Å². The third-order valence-corrected chi connectivity index (χ3v) is 6.85. The van der Waals surface area contributed by atoms with Crippen LogP contribution < -0.4 is 5.32 Å². The van der Waals surface area contributed by atoms with Gasteiger partial charge >= 0.3 is 0 Å². The molecular formula is C24H37Cl2FN2O2. The zero-order valence-electron chi connectivity index (χ0n) is 19.3. The SMILES string of the molecule is COC(C)(C)CCCC(C)CCN1CCC(F)(CNC(=O)c2cc(Cl)cc(Cl)c2)CC1. The van der Waals surface area contributed by atoms with Crippen molar-refractivity contribution in [2.24, 2.45) is 5.92 Å². The van der Waals surface area contributed by atoms with Gasteiger partial charge in [0.2, 0.25) is 0 Å². The molecule has 0 radical (unpaired) electrons. The van der Waals surface area contributed by atoms with Crippen LogP contribution in [0.5, 0.6) is 0 Å². The number of ether oxygens (including phenoxy) is 1. The second-order valence-electron chi connectivity index (χ2n) is 9.58. The number of methoxy groups -OCH3 is 1. The number of amides is 1. The first-order chi connectivity index (χ1) is 14.5. The van der Waals surface area contributed by atoms with E-state index in [1.54, 1.807) is 13.2 Å². The lowest BCUT2D eigenvalue weighted by atomic mass is 9.92. The van der Waals surface area contributed by atoms with Crippen LogP contribution in [0.1, 0.15) is 69.7 Å². The number of nitrogens with one attached hydrogen (secondary N) is 1. The van der Waals surface area contributed by atoms with Gasteiger partial charge in [-0.3, -0.25) is 4.79 Å². The van der Waals surface area contributed by atoms with Gasteiger partial charge in [0.15, 0.2) is 0 Å². The molecule has 1 fully saturated rings. The van der Waals surface area contributed by atoms with Crippen LogP contribution in [0.2, 0.25) is 10.0 Å². The van der Waals surface area contributed by atoms with Crippen molar-refractivity contribution in [2.45, 2.75) is 70.6 Å². The Balaban J connectivity index is 1.68. The summed E-state index contributed by atoms with van der Waals surface area (Å²) in [5.74, 6) is 0.294. The van der Waals surface area contributed by atoms with E-state index in [4.69, 9.17) is 27.9 Å². The van der Waals surface area contributed by atoms with Crippen molar-refractivity contribution in [3.8, 4) is 0 Å². The Morgan fingerprint density at radius 3 is 2.42 bits per heavy atom. The maximum absolute atomic E-state index is 15.2. The summed E-state index contributed by atoms with van der Waals surface area (Å²) in [5, 5.41) is 3.48. The van der Waals surface area contributed by atoms with E-state index >= 15 is 4.39 Å². The van der Waals surface area contributed by atoms with Crippen LogP contribution in [0.15, 0.2) is 18.2 Å². The topological polar surface area (TPSA) is 41.6 Å². The molecule has 1 saturated heterocycles. The molecule has 1 aliphatic heterocycles. The van der Waals surface area contributed by atoms with Gasteiger partial charge in [-0.25, -0.2) is 4.39 Å². The summed E-state index contributed by atoms with van der Waals surface area (Å²) in [4.78, 5) is 14.7. The minimum absolute atomic E-state index is 0.00942. The number of carbonyl (C=O) groups excluding carboxylic acids is 1. The van der Waals surface area contributed by atoms with Crippen molar-refractivity contribution in [1.82, 2.24) is 10.2 Å². The van der Waals surface area contributed by atoms with Gasteiger partial charge in [0, 0.05) is 35.8 Å². The van der Waals surface area contributed by atoms with Crippen molar-refractivity contribution in [1.29, 1.82) is 0 Å². The highest BCUT2D eigenvalue weighted by atomic mass is 35.5. The van der Waals surface area contributed by atoms with Gasteiger partial charge in [-0.2, -0.15) is 0 Å². The van der Waals surface area contributed by atoms with Crippen LogP contribution in [0.25, 0.3) is 0 Å². The molecule has 0 aliphatic carbocycles. The van der Waals surface area contributed by atoms with Gasteiger partial charge in [0.1, 0.15) is 5.67 Å². The quantitative estimate of drug-likeness (QED) is 0.418. The number of halogens is 3. The van der Waals surface area contributed by atoms with Gasteiger partial charge < -0.3 is 15.0 Å². The van der Waals surface area contributed by atoms with Gasteiger partial charge in [-0.05, 0) is 70.2 Å². The normalized spacial score (nSPS) is 18.0. The first kappa shape index (κ1) is 26.4. The molecule has 1 amide bonds. The molecule has 1 atom stereocenters. The zero-order chi connectivity index (χ0) is 23.1. The van der Waals surface area contributed by atoms with E-state index in [0.717, 1.165) is 38.9 Å². The molecule has 1 aromatic carbocycles. The van der Waals surface area contributed by atoms with Crippen molar-refractivity contribution in [2.75, 3.05) is 33.3 Å². The van der Waals surface area contributed by atoms with Gasteiger partial charge in [-0.15, -0.1) is 0 Å². The highest BCUT2D eigenvalue weighted by Crippen LogP contribution is 2.27. The Kier molecular flexibility index (Phi) is 10.1. The van der Waals surface area contributed by atoms with Crippen molar-refractivity contribution in [3.63, 3.8) is 0 Å². The zero-order valence-corrected chi connectivity index (χ0v) is 20.8. The fourth-order valence-electron chi connectivity index (χ4n) is 3.91.